The molecule has 2 heterocycles. The van der Waals surface area contributed by atoms with Gasteiger partial charge in [-0.3, -0.25) is 4.57 Å². The molecule has 0 radical (unpaired) electrons. The van der Waals surface area contributed by atoms with E-state index >= 15 is 0 Å². The van der Waals surface area contributed by atoms with Crippen molar-refractivity contribution in [3.8, 4) is 11.8 Å². The molecule has 0 atom stereocenters. The Kier molecular flexibility index (Phi) is 1.98. The molecule has 1 aromatic carbocycles. The molecule has 0 amide bonds. The van der Waals surface area contributed by atoms with Crippen LogP contribution in [0.2, 0.25) is 5.02 Å². The molecule has 0 saturated heterocycles. The van der Waals surface area contributed by atoms with E-state index in [1.54, 1.807) is 0 Å². The van der Waals surface area contributed by atoms with Crippen LogP contribution in [0.15, 0.2) is 24.4 Å². The summed E-state index contributed by atoms with van der Waals surface area (Å²) in [6.07, 6.45) is 1.85. The van der Waals surface area contributed by atoms with Crippen molar-refractivity contribution >= 4 is 11.6 Å². The lowest BCUT2D eigenvalue weighted by Gasteiger charge is -2.07. The van der Waals surface area contributed by atoms with Gasteiger partial charge in [-0.2, -0.15) is 0 Å². The fraction of sp³-hybridized carbons (Fsp3) is 0.167. The molecule has 3 nitrogen and oxygen atoms in total. The molecule has 0 bridgehead atoms. The summed E-state index contributed by atoms with van der Waals surface area (Å²) in [5.41, 5.74) is 3.02. The van der Waals surface area contributed by atoms with Crippen molar-refractivity contribution in [1.82, 2.24) is 9.55 Å². The van der Waals surface area contributed by atoms with Crippen molar-refractivity contribution in [3.05, 3.63) is 51.3 Å². The normalized spacial score (nSPS) is 12.1. The first-order valence-corrected chi connectivity index (χ1v) is 5.39. The number of benzene rings is 1. The summed E-state index contributed by atoms with van der Waals surface area (Å²) in [4.78, 5) is 8.54. The number of hydrogen-bond acceptors (Lipinski definition) is 1. The van der Waals surface area contributed by atoms with E-state index in [0.29, 0.717) is 11.6 Å². The number of rotatable bonds is 0. The van der Waals surface area contributed by atoms with Gasteiger partial charge < -0.3 is 0 Å². The summed E-state index contributed by atoms with van der Waals surface area (Å²) < 4.78 is 2.09. The highest BCUT2D eigenvalue weighted by Gasteiger charge is 2.19. The van der Waals surface area contributed by atoms with Crippen LogP contribution < -0.4 is 0 Å². The Morgan fingerprint density at radius 2 is 2.38 bits per heavy atom. The minimum absolute atomic E-state index is 0.604. The molecule has 0 aliphatic carbocycles. The lowest BCUT2D eigenvalue weighted by Crippen LogP contribution is -2.02. The third-order valence-electron chi connectivity index (χ3n) is 2.65. The Labute approximate surface area is 98.1 Å². The van der Waals surface area contributed by atoms with Crippen molar-refractivity contribution in [2.24, 2.45) is 0 Å². The van der Waals surface area contributed by atoms with Gasteiger partial charge in [-0.05, 0) is 25.1 Å². The van der Waals surface area contributed by atoms with Gasteiger partial charge in [0.1, 0.15) is 17.1 Å². The summed E-state index contributed by atoms with van der Waals surface area (Å²) in [5, 5.41) is 0.697. The average Bonchev–Trinajstić information content (AvgIpc) is 2.53. The number of halogens is 1. The summed E-state index contributed by atoms with van der Waals surface area (Å²) in [6.45, 7) is 2.58. The van der Waals surface area contributed by atoms with E-state index in [4.69, 9.17) is 11.6 Å². The molecule has 0 saturated carbocycles. The molecule has 78 valence electrons. The highest BCUT2D eigenvalue weighted by atomic mass is 35.5. The van der Waals surface area contributed by atoms with Crippen LogP contribution >= 0.6 is 11.6 Å². The van der Waals surface area contributed by atoms with Gasteiger partial charge in [-0.15, -0.1) is 0 Å². The van der Waals surface area contributed by atoms with Crippen LogP contribution in [0.5, 0.6) is 0 Å². The number of imidazole rings is 1. The summed E-state index contributed by atoms with van der Waals surface area (Å²) in [5.74, 6) is 0.956. The quantitative estimate of drug-likeness (QED) is 0.682. The molecule has 0 spiro atoms. The maximum atomic E-state index is 5.96. The lowest BCUT2D eigenvalue weighted by atomic mass is 10.2. The predicted molar refractivity (Wildman–Crippen MR) is 63.4 cm³/mol. The minimum Gasteiger partial charge on any atom is -0.292 e. The molecule has 1 aliphatic rings. The van der Waals surface area contributed by atoms with E-state index < -0.39 is 0 Å². The second kappa shape index (κ2) is 3.36. The first-order chi connectivity index (χ1) is 7.75. The second-order valence-corrected chi connectivity index (χ2v) is 4.16. The molecule has 0 N–H and O–H groups in total. The van der Waals surface area contributed by atoms with Crippen LogP contribution in [0.3, 0.4) is 0 Å². The summed E-state index contributed by atoms with van der Waals surface area (Å²) in [7, 11) is 0. The Morgan fingerprint density at radius 3 is 3.25 bits per heavy atom. The number of aromatic nitrogens is 2. The van der Waals surface area contributed by atoms with E-state index in [1.807, 2.05) is 31.3 Å². The maximum Gasteiger partial charge on any atom is 0.313 e. The first kappa shape index (κ1) is 9.44. The van der Waals surface area contributed by atoms with Crippen LogP contribution in [0.1, 0.15) is 17.1 Å². The zero-order valence-electron chi connectivity index (χ0n) is 8.74. The first-order valence-electron chi connectivity index (χ1n) is 5.01. The Hall–Kier alpha value is -1.79. The molecule has 16 heavy (non-hydrogen) atoms. The number of hydrogen-bond donors (Lipinski definition) is 0. The molecule has 1 aromatic heterocycles. The van der Waals surface area contributed by atoms with Crippen LogP contribution in [0.4, 0.5) is 0 Å². The van der Waals surface area contributed by atoms with Crippen molar-refractivity contribution in [3.63, 3.8) is 0 Å². The highest BCUT2D eigenvalue weighted by Crippen LogP contribution is 2.24. The highest BCUT2D eigenvalue weighted by molar-refractivity contribution is 6.30. The van der Waals surface area contributed by atoms with Gasteiger partial charge >= 0.3 is 12.6 Å². The van der Waals surface area contributed by atoms with Gasteiger partial charge in [0.25, 0.3) is 0 Å². The molecule has 1 aliphatic heterocycles. The predicted octanol–water partition coefficient (Wildman–Crippen LogP) is 3.03. The van der Waals surface area contributed by atoms with Crippen molar-refractivity contribution < 1.29 is 0 Å². The summed E-state index contributed by atoms with van der Waals surface area (Å²) >= 11 is 5.96. The largest absolute Gasteiger partial charge is 0.313 e. The van der Waals surface area contributed by atoms with Crippen molar-refractivity contribution in [2.75, 3.05) is 0 Å². The molecule has 2 aromatic rings. The maximum absolute atomic E-state index is 5.96. The topological polar surface area (TPSA) is 22.2 Å². The van der Waals surface area contributed by atoms with E-state index in [2.05, 4.69) is 20.5 Å². The fourth-order valence-electron chi connectivity index (χ4n) is 1.93. The second-order valence-electron chi connectivity index (χ2n) is 3.72. The molecule has 0 fully saturated rings. The van der Waals surface area contributed by atoms with Gasteiger partial charge in [-0.1, -0.05) is 16.4 Å². The van der Waals surface area contributed by atoms with Crippen LogP contribution in [0, 0.1) is 13.0 Å². The van der Waals surface area contributed by atoms with Gasteiger partial charge in [0.2, 0.25) is 0 Å². The van der Waals surface area contributed by atoms with E-state index in [-0.39, 0.29) is 0 Å². The molecular formula is C12H9ClN3+. The third-order valence-corrected chi connectivity index (χ3v) is 2.89. The average molecular weight is 231 g/mol. The van der Waals surface area contributed by atoms with Crippen molar-refractivity contribution in [2.45, 2.75) is 13.5 Å². The Bertz CT molecular complexity index is 631. The fourth-order valence-corrected chi connectivity index (χ4v) is 2.10. The standard InChI is InChI=1S/C12H9ClN3/c1-8-15-7-11-6-14-5-9-4-10(13)2-3-12(9)16(8)11/h2-4,7H,6H2,1H3/q+1. The molecule has 3 rings (SSSR count). The van der Waals surface area contributed by atoms with Gasteiger partial charge in [0, 0.05) is 5.02 Å². The van der Waals surface area contributed by atoms with Crippen LogP contribution in [-0.2, 0) is 6.54 Å². The van der Waals surface area contributed by atoms with E-state index in [9.17, 15) is 0 Å². The smallest absolute Gasteiger partial charge is 0.292 e. The lowest BCUT2D eigenvalue weighted by molar-refractivity contribution is 0.920. The SMILES string of the molecule is Cc1ncc2n1-c1ccc(Cl)cc1C#[N+]C2. The summed E-state index contributed by atoms with van der Waals surface area (Å²) in [6, 6.07) is 8.74. The number of fused-ring (bicyclic) bond motifs is 3. The molecule has 4 heteroatoms. The van der Waals surface area contributed by atoms with Gasteiger partial charge in [0.15, 0.2) is 0 Å². The zero-order chi connectivity index (χ0) is 11.1. The Morgan fingerprint density at radius 1 is 1.50 bits per heavy atom. The Balaban J connectivity index is 2.36. The third kappa shape index (κ3) is 1.31. The van der Waals surface area contributed by atoms with Crippen LogP contribution in [-0.4, -0.2) is 9.55 Å². The van der Waals surface area contributed by atoms with Crippen LogP contribution in [0.25, 0.3) is 10.5 Å². The van der Waals surface area contributed by atoms with Crippen molar-refractivity contribution in [1.29, 1.82) is 0 Å². The number of aryl methyl sites for hydroxylation is 1. The van der Waals surface area contributed by atoms with Gasteiger partial charge in [0.05, 0.1) is 11.9 Å². The molecule has 0 unspecified atom stereocenters. The molecular weight excluding hydrogens is 222 g/mol. The van der Waals surface area contributed by atoms with E-state index in [1.165, 1.54) is 0 Å². The van der Waals surface area contributed by atoms with E-state index in [0.717, 1.165) is 22.8 Å². The zero-order valence-corrected chi connectivity index (χ0v) is 9.49. The van der Waals surface area contributed by atoms with Gasteiger partial charge in [-0.25, -0.2) is 4.98 Å². The monoisotopic (exact) mass is 230 g/mol. The number of nitrogens with zero attached hydrogens (tertiary/aromatic N) is 3. The minimum atomic E-state index is 0.604.